The number of nitrogens with one attached hydrogen (secondary N) is 2. The minimum atomic E-state index is -0.517. The van der Waals surface area contributed by atoms with Gasteiger partial charge in [0.2, 0.25) is 5.91 Å². The maximum atomic E-state index is 12.4. The average molecular weight is 345 g/mol. The fourth-order valence-corrected chi connectivity index (χ4v) is 3.48. The molecule has 1 aromatic carbocycles. The minimum Gasteiger partial charge on any atom is -0.479 e. The van der Waals surface area contributed by atoms with Crippen LogP contribution in [0.5, 0.6) is 5.75 Å². The first-order valence-electron chi connectivity index (χ1n) is 9.19. The molecule has 1 aromatic rings. The first kappa shape index (κ1) is 17.7. The number of hydrogen-bond acceptors (Lipinski definition) is 4. The first-order chi connectivity index (χ1) is 12.1. The lowest BCUT2D eigenvalue weighted by Crippen LogP contribution is -2.45. The number of ether oxygens (including phenoxy) is 1. The number of anilines is 1. The topological polar surface area (TPSA) is 70.7 Å². The van der Waals surface area contributed by atoms with E-state index in [1.165, 1.54) is 12.8 Å². The number of amides is 2. The third-order valence-electron chi connectivity index (χ3n) is 4.91. The summed E-state index contributed by atoms with van der Waals surface area (Å²) in [5.41, 5.74) is 0.742. The summed E-state index contributed by atoms with van der Waals surface area (Å²) < 4.78 is 5.62. The van der Waals surface area contributed by atoms with Crippen LogP contribution in [0.15, 0.2) is 24.3 Å². The third-order valence-corrected chi connectivity index (χ3v) is 4.91. The Bertz CT molecular complexity index is 614. The van der Waals surface area contributed by atoms with Crippen LogP contribution in [-0.2, 0) is 9.59 Å². The number of carbonyl (C=O) groups excluding carboxylic acids is 2. The lowest BCUT2D eigenvalue weighted by Gasteiger charge is -2.32. The first-order valence-corrected chi connectivity index (χ1v) is 9.19. The van der Waals surface area contributed by atoms with Gasteiger partial charge in [-0.1, -0.05) is 12.1 Å². The zero-order valence-electron chi connectivity index (χ0n) is 14.8. The SMILES string of the molecule is CC1Oc2ccccc2N(CCC(=O)NCCC2CCCNC2)C1=O. The van der Waals surface area contributed by atoms with Gasteiger partial charge in [0.25, 0.3) is 5.91 Å². The molecule has 1 saturated heterocycles. The van der Waals surface area contributed by atoms with Crippen molar-refractivity contribution in [3.63, 3.8) is 0 Å². The summed E-state index contributed by atoms with van der Waals surface area (Å²) >= 11 is 0. The molecule has 2 atom stereocenters. The van der Waals surface area contributed by atoms with Gasteiger partial charge < -0.3 is 20.3 Å². The van der Waals surface area contributed by atoms with E-state index in [0.717, 1.165) is 25.2 Å². The molecule has 2 amide bonds. The van der Waals surface area contributed by atoms with Crippen LogP contribution in [0.4, 0.5) is 5.69 Å². The van der Waals surface area contributed by atoms with Crippen LogP contribution < -0.4 is 20.3 Å². The van der Waals surface area contributed by atoms with E-state index >= 15 is 0 Å². The molecule has 0 aliphatic carbocycles. The van der Waals surface area contributed by atoms with Gasteiger partial charge in [-0.2, -0.15) is 0 Å². The van der Waals surface area contributed by atoms with E-state index in [1.54, 1.807) is 11.8 Å². The van der Waals surface area contributed by atoms with Crippen LogP contribution >= 0.6 is 0 Å². The van der Waals surface area contributed by atoms with Crippen molar-refractivity contribution in [2.75, 3.05) is 31.1 Å². The quantitative estimate of drug-likeness (QED) is 0.823. The molecule has 25 heavy (non-hydrogen) atoms. The molecular formula is C19H27N3O3. The molecule has 0 bridgehead atoms. The van der Waals surface area contributed by atoms with Gasteiger partial charge >= 0.3 is 0 Å². The van der Waals surface area contributed by atoms with Gasteiger partial charge in [-0.15, -0.1) is 0 Å². The Balaban J connectivity index is 1.47. The predicted molar refractivity (Wildman–Crippen MR) is 96.7 cm³/mol. The van der Waals surface area contributed by atoms with Crippen LogP contribution in [0.25, 0.3) is 0 Å². The summed E-state index contributed by atoms with van der Waals surface area (Å²) in [6, 6.07) is 7.46. The smallest absolute Gasteiger partial charge is 0.267 e. The Morgan fingerprint density at radius 1 is 1.40 bits per heavy atom. The highest BCUT2D eigenvalue weighted by Crippen LogP contribution is 2.33. The second-order valence-electron chi connectivity index (χ2n) is 6.82. The number of benzene rings is 1. The van der Waals surface area contributed by atoms with Crippen molar-refractivity contribution in [2.45, 2.75) is 38.7 Å². The average Bonchev–Trinajstić information content (AvgIpc) is 2.63. The van der Waals surface area contributed by atoms with Gasteiger partial charge in [0.15, 0.2) is 6.10 Å². The fraction of sp³-hybridized carbons (Fsp3) is 0.579. The van der Waals surface area contributed by atoms with Gasteiger partial charge in [0.05, 0.1) is 5.69 Å². The predicted octanol–water partition coefficient (Wildman–Crippen LogP) is 1.70. The van der Waals surface area contributed by atoms with E-state index in [0.29, 0.717) is 31.2 Å². The Labute approximate surface area is 148 Å². The molecule has 2 N–H and O–H groups in total. The van der Waals surface area contributed by atoms with Gasteiger partial charge in [-0.3, -0.25) is 9.59 Å². The van der Waals surface area contributed by atoms with Crippen molar-refractivity contribution < 1.29 is 14.3 Å². The summed E-state index contributed by atoms with van der Waals surface area (Å²) in [6.07, 6.45) is 3.25. The van der Waals surface area contributed by atoms with E-state index < -0.39 is 6.10 Å². The van der Waals surface area contributed by atoms with Crippen molar-refractivity contribution >= 4 is 17.5 Å². The molecule has 0 aromatic heterocycles. The van der Waals surface area contributed by atoms with E-state index in [2.05, 4.69) is 10.6 Å². The van der Waals surface area contributed by atoms with Gasteiger partial charge in [0.1, 0.15) is 5.75 Å². The van der Waals surface area contributed by atoms with Crippen LogP contribution in [0, 0.1) is 5.92 Å². The van der Waals surface area contributed by atoms with Gasteiger partial charge in [-0.05, 0) is 57.3 Å². The number of para-hydroxylation sites is 2. The highest BCUT2D eigenvalue weighted by molar-refractivity contribution is 6.00. The standard InChI is InChI=1S/C19H27N3O3/c1-14-19(24)22(16-6-2-3-7-17(16)25-14)12-9-18(23)21-11-8-15-5-4-10-20-13-15/h2-3,6-7,14-15,20H,4-5,8-13H2,1H3,(H,21,23). The number of piperidine rings is 1. The van der Waals surface area contributed by atoms with Gasteiger partial charge in [0, 0.05) is 19.5 Å². The summed E-state index contributed by atoms with van der Waals surface area (Å²) in [6.45, 7) is 4.97. The zero-order valence-corrected chi connectivity index (χ0v) is 14.8. The van der Waals surface area contributed by atoms with Crippen LogP contribution in [0.1, 0.15) is 32.6 Å². The summed E-state index contributed by atoms with van der Waals surface area (Å²) in [5, 5.41) is 6.37. The zero-order chi connectivity index (χ0) is 17.6. The minimum absolute atomic E-state index is 0.00630. The summed E-state index contributed by atoms with van der Waals surface area (Å²) in [4.78, 5) is 26.2. The van der Waals surface area contributed by atoms with Crippen LogP contribution in [0.3, 0.4) is 0 Å². The number of fused-ring (bicyclic) bond motifs is 1. The molecule has 2 heterocycles. The lowest BCUT2D eigenvalue weighted by atomic mass is 9.96. The molecule has 0 saturated carbocycles. The van der Waals surface area contributed by atoms with E-state index in [1.807, 2.05) is 24.3 Å². The third kappa shape index (κ3) is 4.51. The van der Waals surface area contributed by atoms with Crippen molar-refractivity contribution in [1.29, 1.82) is 0 Å². The molecular weight excluding hydrogens is 318 g/mol. The molecule has 6 nitrogen and oxygen atoms in total. The van der Waals surface area contributed by atoms with Crippen molar-refractivity contribution in [2.24, 2.45) is 5.92 Å². The molecule has 6 heteroatoms. The highest BCUT2D eigenvalue weighted by atomic mass is 16.5. The number of carbonyl (C=O) groups is 2. The van der Waals surface area contributed by atoms with E-state index in [4.69, 9.17) is 4.74 Å². The normalized spacial score (nSPS) is 22.9. The maximum absolute atomic E-state index is 12.4. The van der Waals surface area contributed by atoms with E-state index in [9.17, 15) is 9.59 Å². The van der Waals surface area contributed by atoms with Crippen molar-refractivity contribution in [3.05, 3.63) is 24.3 Å². The molecule has 136 valence electrons. The molecule has 2 aliphatic heterocycles. The number of nitrogens with zero attached hydrogens (tertiary/aromatic N) is 1. The van der Waals surface area contributed by atoms with Crippen LogP contribution in [-0.4, -0.2) is 44.1 Å². The second-order valence-corrected chi connectivity index (χ2v) is 6.82. The van der Waals surface area contributed by atoms with E-state index in [-0.39, 0.29) is 11.8 Å². The maximum Gasteiger partial charge on any atom is 0.267 e. The lowest BCUT2D eigenvalue weighted by molar-refractivity contribution is -0.125. The highest BCUT2D eigenvalue weighted by Gasteiger charge is 2.31. The molecule has 3 rings (SSSR count). The largest absolute Gasteiger partial charge is 0.479 e. The molecule has 0 spiro atoms. The molecule has 2 unspecified atom stereocenters. The Morgan fingerprint density at radius 3 is 3.04 bits per heavy atom. The Hall–Kier alpha value is -2.08. The second kappa shape index (κ2) is 8.34. The number of hydrogen-bond donors (Lipinski definition) is 2. The number of rotatable bonds is 6. The van der Waals surface area contributed by atoms with Crippen molar-refractivity contribution in [1.82, 2.24) is 10.6 Å². The molecule has 2 aliphatic rings. The monoisotopic (exact) mass is 345 g/mol. The molecule has 0 radical (unpaired) electrons. The van der Waals surface area contributed by atoms with Crippen LogP contribution in [0.2, 0.25) is 0 Å². The molecule has 1 fully saturated rings. The summed E-state index contributed by atoms with van der Waals surface area (Å²) in [7, 11) is 0. The Morgan fingerprint density at radius 2 is 2.24 bits per heavy atom. The summed E-state index contributed by atoms with van der Waals surface area (Å²) in [5.74, 6) is 1.25. The Kier molecular flexibility index (Phi) is 5.91. The fourth-order valence-electron chi connectivity index (χ4n) is 3.48. The van der Waals surface area contributed by atoms with Gasteiger partial charge in [-0.25, -0.2) is 0 Å². The van der Waals surface area contributed by atoms with Crippen molar-refractivity contribution in [3.8, 4) is 5.75 Å².